The molecule has 0 aliphatic carbocycles. The maximum absolute atomic E-state index is 12.2. The molecule has 0 amide bonds. The molecule has 4 nitrogen and oxygen atoms in total. The molecule has 19 heavy (non-hydrogen) atoms. The molecular formula is C15H23NO3. The number of methoxy groups -OCH3 is 1. The lowest BCUT2D eigenvalue weighted by Gasteiger charge is -2.30. The first-order chi connectivity index (χ1) is 9.21. The van der Waals surface area contributed by atoms with Crippen LogP contribution in [0.5, 0.6) is 0 Å². The van der Waals surface area contributed by atoms with Gasteiger partial charge >= 0.3 is 5.97 Å². The van der Waals surface area contributed by atoms with Gasteiger partial charge in [0.15, 0.2) is 0 Å². The number of nitrogens with two attached hydrogens (primary N) is 1. The lowest BCUT2D eigenvalue weighted by atomic mass is 9.76. The van der Waals surface area contributed by atoms with Crippen molar-refractivity contribution in [2.75, 3.05) is 26.9 Å². The Morgan fingerprint density at radius 2 is 2.00 bits per heavy atom. The molecular weight excluding hydrogens is 242 g/mol. The van der Waals surface area contributed by atoms with Crippen molar-refractivity contribution >= 4 is 5.97 Å². The average molecular weight is 265 g/mol. The first-order valence-corrected chi connectivity index (χ1v) is 6.63. The van der Waals surface area contributed by atoms with Crippen molar-refractivity contribution in [2.45, 2.75) is 25.2 Å². The van der Waals surface area contributed by atoms with Gasteiger partial charge in [0, 0.05) is 19.8 Å². The highest BCUT2D eigenvalue weighted by atomic mass is 16.5. The van der Waals surface area contributed by atoms with E-state index in [1.165, 1.54) is 7.11 Å². The van der Waals surface area contributed by atoms with E-state index in [2.05, 4.69) is 0 Å². The molecule has 4 heteroatoms. The number of ether oxygens (including phenoxy) is 2. The third-order valence-electron chi connectivity index (χ3n) is 3.35. The van der Waals surface area contributed by atoms with Crippen LogP contribution in [0.4, 0.5) is 0 Å². The third kappa shape index (κ3) is 3.78. The first-order valence-electron chi connectivity index (χ1n) is 6.63. The normalized spacial score (nSPS) is 13.8. The molecule has 1 atom stereocenters. The summed E-state index contributed by atoms with van der Waals surface area (Å²) < 4.78 is 10.3. The third-order valence-corrected chi connectivity index (χ3v) is 3.35. The molecule has 106 valence electrons. The molecule has 0 aliphatic rings. The summed E-state index contributed by atoms with van der Waals surface area (Å²) in [4.78, 5) is 12.2. The highest BCUT2D eigenvalue weighted by Gasteiger charge is 2.39. The summed E-state index contributed by atoms with van der Waals surface area (Å²) in [5.74, 6) is -0.280. The Labute approximate surface area is 114 Å². The zero-order valence-electron chi connectivity index (χ0n) is 11.7. The van der Waals surface area contributed by atoms with E-state index in [1.807, 2.05) is 37.3 Å². The van der Waals surface area contributed by atoms with Crippen LogP contribution in [0.15, 0.2) is 30.3 Å². The summed E-state index contributed by atoms with van der Waals surface area (Å²) in [6.07, 6.45) is 1.40. The van der Waals surface area contributed by atoms with Gasteiger partial charge in [-0.25, -0.2) is 0 Å². The minimum Gasteiger partial charge on any atom is -0.468 e. The summed E-state index contributed by atoms with van der Waals surface area (Å²) in [5, 5.41) is 0. The maximum atomic E-state index is 12.2. The molecule has 0 heterocycles. The van der Waals surface area contributed by atoms with Crippen molar-refractivity contribution in [2.24, 2.45) is 5.73 Å². The van der Waals surface area contributed by atoms with E-state index in [4.69, 9.17) is 15.2 Å². The van der Waals surface area contributed by atoms with Crippen LogP contribution in [0.2, 0.25) is 0 Å². The van der Waals surface area contributed by atoms with E-state index >= 15 is 0 Å². The van der Waals surface area contributed by atoms with E-state index in [1.54, 1.807) is 0 Å². The second kappa shape index (κ2) is 7.92. The Bertz CT molecular complexity index is 380. The number of benzene rings is 1. The molecule has 2 N–H and O–H groups in total. The number of carbonyl (C=O) groups is 1. The fraction of sp³-hybridized carbons (Fsp3) is 0.533. The predicted molar refractivity (Wildman–Crippen MR) is 74.9 cm³/mol. The van der Waals surface area contributed by atoms with Gasteiger partial charge in [-0.1, -0.05) is 30.3 Å². The number of esters is 1. The van der Waals surface area contributed by atoms with Crippen molar-refractivity contribution in [3.05, 3.63) is 35.9 Å². The Morgan fingerprint density at radius 1 is 1.32 bits per heavy atom. The molecule has 0 aromatic heterocycles. The standard InChI is InChI=1S/C15H23NO3/c1-3-19-11-7-10-15(12-16,14(17)18-2)13-8-5-4-6-9-13/h4-6,8-9H,3,7,10-12,16H2,1-2H3. The van der Waals surface area contributed by atoms with E-state index in [0.717, 1.165) is 12.0 Å². The smallest absolute Gasteiger partial charge is 0.317 e. The van der Waals surface area contributed by atoms with Gasteiger partial charge in [0.05, 0.1) is 7.11 Å². The highest BCUT2D eigenvalue weighted by molar-refractivity contribution is 5.83. The molecule has 1 aromatic carbocycles. The van der Waals surface area contributed by atoms with Gasteiger partial charge in [-0.3, -0.25) is 4.79 Å². The van der Waals surface area contributed by atoms with Crippen LogP contribution in [-0.2, 0) is 19.7 Å². The summed E-state index contributed by atoms with van der Waals surface area (Å²) in [7, 11) is 1.40. The molecule has 1 aromatic rings. The van der Waals surface area contributed by atoms with Crippen molar-refractivity contribution in [1.29, 1.82) is 0 Å². The van der Waals surface area contributed by atoms with Gasteiger partial charge in [-0.05, 0) is 25.3 Å². The Balaban J connectivity index is 2.92. The van der Waals surface area contributed by atoms with E-state index in [-0.39, 0.29) is 12.5 Å². The molecule has 0 bridgehead atoms. The van der Waals surface area contributed by atoms with Crippen LogP contribution in [-0.4, -0.2) is 32.8 Å². The topological polar surface area (TPSA) is 61.5 Å². The Kier molecular flexibility index (Phi) is 6.53. The van der Waals surface area contributed by atoms with Gasteiger partial charge in [0.1, 0.15) is 5.41 Å². The van der Waals surface area contributed by atoms with Crippen molar-refractivity contribution in [3.8, 4) is 0 Å². The van der Waals surface area contributed by atoms with Crippen LogP contribution in [0.25, 0.3) is 0 Å². The quantitative estimate of drug-likeness (QED) is 0.576. The summed E-state index contributed by atoms with van der Waals surface area (Å²) in [5.41, 5.74) is 6.02. The van der Waals surface area contributed by atoms with Crippen LogP contribution in [0, 0.1) is 0 Å². The summed E-state index contributed by atoms with van der Waals surface area (Å²) >= 11 is 0. The number of carbonyl (C=O) groups excluding carboxylic acids is 1. The van der Waals surface area contributed by atoms with Gasteiger partial charge in [0.2, 0.25) is 0 Å². The number of hydrogen-bond acceptors (Lipinski definition) is 4. The second-order valence-corrected chi connectivity index (χ2v) is 4.44. The minimum absolute atomic E-state index is 0.232. The van der Waals surface area contributed by atoms with Crippen LogP contribution < -0.4 is 5.73 Å². The molecule has 0 saturated heterocycles. The predicted octanol–water partition coefficient (Wildman–Crippen LogP) is 1.87. The minimum atomic E-state index is -0.771. The fourth-order valence-corrected chi connectivity index (χ4v) is 2.24. The number of hydrogen-bond donors (Lipinski definition) is 1. The molecule has 0 radical (unpaired) electrons. The van der Waals surface area contributed by atoms with E-state index < -0.39 is 5.41 Å². The molecule has 1 rings (SSSR count). The van der Waals surface area contributed by atoms with Crippen molar-refractivity contribution < 1.29 is 14.3 Å². The van der Waals surface area contributed by atoms with Crippen molar-refractivity contribution in [1.82, 2.24) is 0 Å². The van der Waals surface area contributed by atoms with E-state index in [0.29, 0.717) is 19.6 Å². The highest BCUT2D eigenvalue weighted by Crippen LogP contribution is 2.30. The fourth-order valence-electron chi connectivity index (χ4n) is 2.24. The van der Waals surface area contributed by atoms with Crippen LogP contribution in [0.3, 0.4) is 0 Å². The number of rotatable bonds is 8. The van der Waals surface area contributed by atoms with Gasteiger partial charge in [0.25, 0.3) is 0 Å². The maximum Gasteiger partial charge on any atom is 0.317 e. The second-order valence-electron chi connectivity index (χ2n) is 4.44. The zero-order chi connectivity index (χ0) is 14.1. The molecule has 1 unspecified atom stereocenters. The monoisotopic (exact) mass is 265 g/mol. The Morgan fingerprint density at radius 3 is 2.53 bits per heavy atom. The lowest BCUT2D eigenvalue weighted by Crippen LogP contribution is -2.44. The summed E-state index contributed by atoms with van der Waals surface area (Å²) in [6, 6.07) is 9.58. The van der Waals surface area contributed by atoms with Gasteiger partial charge < -0.3 is 15.2 Å². The van der Waals surface area contributed by atoms with Gasteiger partial charge in [-0.2, -0.15) is 0 Å². The first kappa shape index (κ1) is 15.7. The SMILES string of the molecule is CCOCCCC(CN)(C(=O)OC)c1ccccc1. The van der Waals surface area contributed by atoms with E-state index in [9.17, 15) is 4.79 Å². The lowest BCUT2D eigenvalue weighted by molar-refractivity contribution is -0.147. The molecule has 0 spiro atoms. The summed E-state index contributed by atoms with van der Waals surface area (Å²) in [6.45, 7) is 3.49. The average Bonchev–Trinajstić information content (AvgIpc) is 2.48. The Hall–Kier alpha value is -1.39. The van der Waals surface area contributed by atoms with Crippen LogP contribution in [0.1, 0.15) is 25.3 Å². The van der Waals surface area contributed by atoms with Crippen LogP contribution >= 0.6 is 0 Å². The largest absolute Gasteiger partial charge is 0.468 e. The molecule has 0 fully saturated rings. The molecule has 0 saturated carbocycles. The van der Waals surface area contributed by atoms with Gasteiger partial charge in [-0.15, -0.1) is 0 Å². The molecule has 0 aliphatic heterocycles. The van der Waals surface area contributed by atoms with Crippen molar-refractivity contribution in [3.63, 3.8) is 0 Å². The zero-order valence-corrected chi connectivity index (χ0v) is 11.7.